The molecule has 112 valence electrons. The van der Waals surface area contributed by atoms with E-state index in [4.69, 9.17) is 0 Å². The van der Waals surface area contributed by atoms with Crippen molar-refractivity contribution in [2.75, 3.05) is 0 Å². The van der Waals surface area contributed by atoms with Gasteiger partial charge >= 0.3 is 0 Å². The van der Waals surface area contributed by atoms with Crippen LogP contribution in [-0.4, -0.2) is 11.0 Å². The molecule has 0 amide bonds. The van der Waals surface area contributed by atoms with Crippen LogP contribution in [0.1, 0.15) is 56.7 Å². The minimum absolute atomic E-state index is 0.242. The second-order valence-corrected chi connectivity index (χ2v) is 5.69. The quantitative estimate of drug-likeness (QED) is 0.708. The van der Waals surface area contributed by atoms with Gasteiger partial charge in [-0.25, -0.2) is 0 Å². The highest BCUT2D eigenvalue weighted by molar-refractivity contribution is 5.30. The maximum Gasteiger partial charge on any atom is 0.0579 e. The first-order valence-corrected chi connectivity index (χ1v) is 8.02. The standard InChI is InChI=1S/C19H26N2/c1-3-4-6-9-16(2)21-19(17-10-7-5-8-11-17)18-12-14-20-15-13-18/h5,7-8,10-16,19,21H,3-4,6,9H2,1-2H3. The summed E-state index contributed by atoms with van der Waals surface area (Å²) < 4.78 is 0. The van der Waals surface area contributed by atoms with Gasteiger partial charge < -0.3 is 5.32 Å². The SMILES string of the molecule is CCCCCC(C)NC(c1ccccc1)c1ccncc1. The number of hydrogen-bond acceptors (Lipinski definition) is 2. The summed E-state index contributed by atoms with van der Waals surface area (Å²) in [7, 11) is 0. The molecule has 2 nitrogen and oxygen atoms in total. The molecule has 2 rings (SSSR count). The van der Waals surface area contributed by atoms with E-state index in [1.807, 2.05) is 12.4 Å². The van der Waals surface area contributed by atoms with E-state index in [-0.39, 0.29) is 6.04 Å². The zero-order chi connectivity index (χ0) is 14.9. The molecule has 0 saturated carbocycles. The lowest BCUT2D eigenvalue weighted by Crippen LogP contribution is -2.31. The van der Waals surface area contributed by atoms with Crippen LogP contribution in [0.3, 0.4) is 0 Å². The summed E-state index contributed by atoms with van der Waals surface area (Å²) in [6.45, 7) is 4.54. The third-order valence-corrected chi connectivity index (χ3v) is 3.86. The Morgan fingerprint density at radius 1 is 0.952 bits per heavy atom. The Hall–Kier alpha value is -1.67. The van der Waals surface area contributed by atoms with Gasteiger partial charge in [0.25, 0.3) is 0 Å². The van der Waals surface area contributed by atoms with Gasteiger partial charge in [0, 0.05) is 18.4 Å². The van der Waals surface area contributed by atoms with Crippen LogP contribution < -0.4 is 5.32 Å². The van der Waals surface area contributed by atoms with Crippen LogP contribution in [0.4, 0.5) is 0 Å². The van der Waals surface area contributed by atoms with Crippen LogP contribution in [0.15, 0.2) is 54.9 Å². The summed E-state index contributed by atoms with van der Waals surface area (Å²) >= 11 is 0. The molecule has 1 aromatic carbocycles. The molecule has 0 saturated heterocycles. The van der Waals surface area contributed by atoms with Crippen LogP contribution in [0.25, 0.3) is 0 Å². The fourth-order valence-electron chi connectivity index (χ4n) is 2.65. The monoisotopic (exact) mass is 282 g/mol. The fourth-order valence-corrected chi connectivity index (χ4v) is 2.65. The van der Waals surface area contributed by atoms with Crippen molar-refractivity contribution in [2.24, 2.45) is 0 Å². The normalized spacial score (nSPS) is 13.8. The largest absolute Gasteiger partial charge is 0.304 e. The summed E-state index contributed by atoms with van der Waals surface area (Å²) in [6.07, 6.45) is 8.85. The number of hydrogen-bond donors (Lipinski definition) is 1. The van der Waals surface area contributed by atoms with E-state index in [0.717, 1.165) is 0 Å². The first-order valence-electron chi connectivity index (χ1n) is 8.02. The highest BCUT2D eigenvalue weighted by Gasteiger charge is 2.15. The Kier molecular flexibility index (Phi) is 6.42. The number of nitrogens with zero attached hydrogens (tertiary/aromatic N) is 1. The molecule has 0 aliphatic heterocycles. The number of nitrogens with one attached hydrogen (secondary N) is 1. The predicted molar refractivity (Wildman–Crippen MR) is 89.3 cm³/mol. The van der Waals surface area contributed by atoms with Gasteiger partial charge in [-0.05, 0) is 36.6 Å². The molecule has 21 heavy (non-hydrogen) atoms. The second kappa shape index (κ2) is 8.58. The molecule has 0 fully saturated rings. The van der Waals surface area contributed by atoms with E-state index in [1.165, 1.54) is 36.8 Å². The summed E-state index contributed by atoms with van der Waals surface area (Å²) in [6, 6.07) is 15.6. The number of benzene rings is 1. The number of rotatable bonds is 8. The van der Waals surface area contributed by atoms with Crippen molar-refractivity contribution in [3.8, 4) is 0 Å². The lowest BCUT2D eigenvalue weighted by atomic mass is 9.98. The van der Waals surface area contributed by atoms with Gasteiger partial charge in [-0.1, -0.05) is 56.5 Å². The average Bonchev–Trinajstić information content (AvgIpc) is 2.54. The van der Waals surface area contributed by atoms with Crippen molar-refractivity contribution in [1.29, 1.82) is 0 Å². The molecule has 0 aliphatic rings. The maximum atomic E-state index is 4.13. The van der Waals surface area contributed by atoms with Crippen molar-refractivity contribution in [1.82, 2.24) is 10.3 Å². The Balaban J connectivity index is 2.10. The minimum atomic E-state index is 0.242. The maximum absolute atomic E-state index is 4.13. The van der Waals surface area contributed by atoms with Crippen LogP contribution >= 0.6 is 0 Å². The molecule has 1 heterocycles. The third-order valence-electron chi connectivity index (χ3n) is 3.86. The zero-order valence-electron chi connectivity index (χ0n) is 13.1. The fraction of sp³-hybridized carbons (Fsp3) is 0.421. The zero-order valence-corrected chi connectivity index (χ0v) is 13.1. The van der Waals surface area contributed by atoms with Gasteiger partial charge in [-0.2, -0.15) is 0 Å². The molecular formula is C19H26N2. The molecule has 0 aliphatic carbocycles. The lowest BCUT2D eigenvalue weighted by Gasteiger charge is -2.24. The van der Waals surface area contributed by atoms with E-state index < -0.39 is 0 Å². The topological polar surface area (TPSA) is 24.9 Å². The molecule has 2 atom stereocenters. The molecular weight excluding hydrogens is 256 g/mol. The van der Waals surface area contributed by atoms with Gasteiger partial charge in [0.05, 0.1) is 6.04 Å². The average molecular weight is 282 g/mol. The summed E-state index contributed by atoms with van der Waals surface area (Å²) in [4.78, 5) is 4.13. The third kappa shape index (κ3) is 4.98. The number of pyridine rings is 1. The van der Waals surface area contributed by atoms with Crippen LogP contribution in [0.2, 0.25) is 0 Å². The molecule has 2 unspecified atom stereocenters. The summed E-state index contributed by atoms with van der Waals surface area (Å²) in [5.74, 6) is 0. The second-order valence-electron chi connectivity index (χ2n) is 5.69. The molecule has 0 radical (unpaired) electrons. The first kappa shape index (κ1) is 15.7. The van der Waals surface area contributed by atoms with Gasteiger partial charge in [0.2, 0.25) is 0 Å². The van der Waals surface area contributed by atoms with Crippen molar-refractivity contribution < 1.29 is 0 Å². The molecule has 0 bridgehead atoms. The van der Waals surface area contributed by atoms with Crippen molar-refractivity contribution in [3.63, 3.8) is 0 Å². The Labute approximate surface area is 128 Å². The van der Waals surface area contributed by atoms with Crippen LogP contribution in [0.5, 0.6) is 0 Å². The molecule has 2 aromatic rings. The van der Waals surface area contributed by atoms with E-state index >= 15 is 0 Å². The van der Waals surface area contributed by atoms with Gasteiger partial charge in [0.1, 0.15) is 0 Å². The minimum Gasteiger partial charge on any atom is -0.304 e. The van der Waals surface area contributed by atoms with Gasteiger partial charge in [-0.3, -0.25) is 4.98 Å². The lowest BCUT2D eigenvalue weighted by molar-refractivity contribution is 0.454. The Morgan fingerprint density at radius 3 is 2.29 bits per heavy atom. The van der Waals surface area contributed by atoms with E-state index in [9.17, 15) is 0 Å². The van der Waals surface area contributed by atoms with Crippen LogP contribution in [0, 0.1) is 0 Å². The molecule has 1 N–H and O–H groups in total. The number of unbranched alkanes of at least 4 members (excludes halogenated alkanes) is 2. The van der Waals surface area contributed by atoms with Gasteiger partial charge in [-0.15, -0.1) is 0 Å². The smallest absolute Gasteiger partial charge is 0.0579 e. The van der Waals surface area contributed by atoms with Crippen molar-refractivity contribution in [3.05, 3.63) is 66.0 Å². The van der Waals surface area contributed by atoms with Gasteiger partial charge in [0.15, 0.2) is 0 Å². The molecule has 2 heteroatoms. The van der Waals surface area contributed by atoms with Crippen molar-refractivity contribution >= 4 is 0 Å². The Morgan fingerprint density at radius 2 is 1.62 bits per heavy atom. The molecule has 1 aromatic heterocycles. The van der Waals surface area contributed by atoms with E-state index in [2.05, 4.69) is 66.6 Å². The van der Waals surface area contributed by atoms with E-state index in [0.29, 0.717) is 6.04 Å². The van der Waals surface area contributed by atoms with Crippen molar-refractivity contribution in [2.45, 2.75) is 51.6 Å². The number of aromatic nitrogens is 1. The van der Waals surface area contributed by atoms with Crippen LogP contribution in [-0.2, 0) is 0 Å². The highest BCUT2D eigenvalue weighted by atomic mass is 14.9. The first-order chi connectivity index (χ1) is 10.3. The summed E-state index contributed by atoms with van der Waals surface area (Å²) in [5, 5.41) is 3.78. The Bertz CT molecular complexity index is 456. The summed E-state index contributed by atoms with van der Waals surface area (Å²) in [5.41, 5.74) is 2.59. The highest BCUT2D eigenvalue weighted by Crippen LogP contribution is 2.22. The van der Waals surface area contributed by atoms with E-state index in [1.54, 1.807) is 0 Å². The molecule has 0 spiro atoms. The predicted octanol–water partition coefficient (Wildman–Crippen LogP) is 4.73.